The average molecular weight is 284 g/mol. The summed E-state index contributed by atoms with van der Waals surface area (Å²) >= 11 is 6.27. The molecule has 0 amide bonds. The first-order chi connectivity index (χ1) is 9.61. The lowest BCUT2D eigenvalue weighted by Gasteiger charge is -2.01. The molecule has 0 aliphatic rings. The third-order valence-electron chi connectivity index (χ3n) is 3.58. The number of carbonyl (C=O) groups excluding carboxylic acids is 1. The van der Waals surface area contributed by atoms with Gasteiger partial charge in [0, 0.05) is 10.9 Å². The van der Waals surface area contributed by atoms with Gasteiger partial charge in [0.15, 0.2) is 6.29 Å². The van der Waals surface area contributed by atoms with E-state index in [-0.39, 0.29) is 0 Å². The molecule has 0 fully saturated rings. The zero-order valence-corrected chi connectivity index (χ0v) is 12.1. The van der Waals surface area contributed by atoms with Gasteiger partial charge in [-0.2, -0.15) is 0 Å². The van der Waals surface area contributed by atoms with Crippen molar-refractivity contribution in [2.24, 2.45) is 0 Å². The minimum Gasteiger partial charge on any atom is -0.354 e. The van der Waals surface area contributed by atoms with Crippen LogP contribution in [-0.2, 0) is 0 Å². The van der Waals surface area contributed by atoms with E-state index in [9.17, 15) is 4.79 Å². The Labute approximate surface area is 122 Å². The SMILES string of the molecule is Cc1cccc(-c2[nH]c3c(C)ccc(Cl)c3c2C=O)c1. The van der Waals surface area contributed by atoms with E-state index in [1.807, 2.05) is 44.2 Å². The van der Waals surface area contributed by atoms with Crippen molar-refractivity contribution in [3.63, 3.8) is 0 Å². The Morgan fingerprint density at radius 2 is 1.95 bits per heavy atom. The van der Waals surface area contributed by atoms with E-state index in [0.29, 0.717) is 10.6 Å². The van der Waals surface area contributed by atoms with Crippen molar-refractivity contribution in [2.75, 3.05) is 0 Å². The fraction of sp³-hybridized carbons (Fsp3) is 0.118. The monoisotopic (exact) mass is 283 g/mol. The molecule has 2 nitrogen and oxygen atoms in total. The van der Waals surface area contributed by atoms with Crippen LogP contribution in [0.5, 0.6) is 0 Å². The van der Waals surface area contributed by atoms with Crippen LogP contribution in [0.3, 0.4) is 0 Å². The third-order valence-corrected chi connectivity index (χ3v) is 3.89. The Hall–Kier alpha value is -2.06. The fourth-order valence-electron chi connectivity index (χ4n) is 2.57. The van der Waals surface area contributed by atoms with Crippen molar-refractivity contribution in [2.45, 2.75) is 13.8 Å². The summed E-state index contributed by atoms with van der Waals surface area (Å²) < 4.78 is 0. The third kappa shape index (κ3) is 1.93. The minimum atomic E-state index is 0.600. The zero-order valence-electron chi connectivity index (χ0n) is 11.3. The minimum absolute atomic E-state index is 0.600. The number of fused-ring (bicyclic) bond motifs is 1. The van der Waals surface area contributed by atoms with Crippen LogP contribution in [0.1, 0.15) is 21.5 Å². The summed E-state index contributed by atoms with van der Waals surface area (Å²) in [5, 5.41) is 1.40. The Morgan fingerprint density at radius 1 is 1.15 bits per heavy atom. The molecule has 3 aromatic rings. The van der Waals surface area contributed by atoms with Crippen LogP contribution in [-0.4, -0.2) is 11.3 Å². The van der Waals surface area contributed by atoms with Crippen molar-refractivity contribution in [1.82, 2.24) is 4.98 Å². The lowest BCUT2D eigenvalue weighted by Crippen LogP contribution is -1.85. The van der Waals surface area contributed by atoms with Crippen LogP contribution < -0.4 is 0 Å². The smallest absolute Gasteiger partial charge is 0.152 e. The van der Waals surface area contributed by atoms with Gasteiger partial charge in [-0.3, -0.25) is 4.79 Å². The van der Waals surface area contributed by atoms with E-state index in [1.165, 1.54) is 0 Å². The second-order valence-corrected chi connectivity index (χ2v) is 5.42. The summed E-state index contributed by atoms with van der Waals surface area (Å²) in [5.74, 6) is 0. The van der Waals surface area contributed by atoms with Crippen LogP contribution in [0.4, 0.5) is 0 Å². The molecule has 0 radical (unpaired) electrons. The average Bonchev–Trinajstić information content (AvgIpc) is 2.83. The highest BCUT2D eigenvalue weighted by atomic mass is 35.5. The van der Waals surface area contributed by atoms with Crippen LogP contribution in [0.25, 0.3) is 22.2 Å². The summed E-state index contributed by atoms with van der Waals surface area (Å²) in [4.78, 5) is 14.9. The Kier molecular flexibility index (Phi) is 3.11. The van der Waals surface area contributed by atoms with E-state index in [0.717, 1.165) is 39.6 Å². The second kappa shape index (κ2) is 4.80. The van der Waals surface area contributed by atoms with E-state index >= 15 is 0 Å². The molecule has 0 bridgehead atoms. The number of rotatable bonds is 2. The predicted octanol–water partition coefficient (Wildman–Crippen LogP) is 4.92. The molecule has 0 aliphatic heterocycles. The largest absolute Gasteiger partial charge is 0.354 e. The van der Waals surface area contributed by atoms with Gasteiger partial charge in [0.05, 0.1) is 16.2 Å². The normalized spacial score (nSPS) is 10.9. The van der Waals surface area contributed by atoms with Crippen molar-refractivity contribution < 1.29 is 4.79 Å². The Morgan fingerprint density at radius 3 is 2.65 bits per heavy atom. The number of benzene rings is 2. The molecule has 0 unspecified atom stereocenters. The molecular formula is C17H14ClNO. The number of hydrogen-bond acceptors (Lipinski definition) is 1. The summed E-state index contributed by atoms with van der Waals surface area (Å²) in [6.07, 6.45) is 0.877. The van der Waals surface area contributed by atoms with Gasteiger partial charge in [-0.25, -0.2) is 0 Å². The number of hydrogen-bond donors (Lipinski definition) is 1. The van der Waals surface area contributed by atoms with Gasteiger partial charge in [0.25, 0.3) is 0 Å². The van der Waals surface area contributed by atoms with Crippen molar-refractivity contribution in [3.8, 4) is 11.3 Å². The van der Waals surface area contributed by atoms with Crippen molar-refractivity contribution in [1.29, 1.82) is 0 Å². The lowest BCUT2D eigenvalue weighted by molar-refractivity contribution is 0.112. The van der Waals surface area contributed by atoms with Gasteiger partial charge >= 0.3 is 0 Å². The van der Waals surface area contributed by atoms with Gasteiger partial charge in [-0.15, -0.1) is 0 Å². The van der Waals surface area contributed by atoms with Crippen LogP contribution in [0, 0.1) is 13.8 Å². The number of carbonyl (C=O) groups is 1. The van der Waals surface area contributed by atoms with E-state index in [1.54, 1.807) is 0 Å². The maximum Gasteiger partial charge on any atom is 0.152 e. The quantitative estimate of drug-likeness (QED) is 0.666. The molecule has 0 spiro atoms. The van der Waals surface area contributed by atoms with E-state index in [2.05, 4.69) is 11.1 Å². The van der Waals surface area contributed by atoms with Gasteiger partial charge < -0.3 is 4.98 Å². The molecule has 3 rings (SSSR count). The number of aldehydes is 1. The van der Waals surface area contributed by atoms with Crippen molar-refractivity contribution >= 4 is 28.8 Å². The first-order valence-corrected chi connectivity index (χ1v) is 6.82. The van der Waals surface area contributed by atoms with E-state index in [4.69, 9.17) is 11.6 Å². The van der Waals surface area contributed by atoms with Gasteiger partial charge in [0.1, 0.15) is 0 Å². The zero-order chi connectivity index (χ0) is 14.3. The Bertz CT molecular complexity index is 817. The second-order valence-electron chi connectivity index (χ2n) is 5.02. The molecule has 1 N–H and O–H groups in total. The van der Waals surface area contributed by atoms with Crippen LogP contribution in [0.15, 0.2) is 36.4 Å². The number of nitrogens with one attached hydrogen (secondary N) is 1. The highest BCUT2D eigenvalue weighted by Crippen LogP contribution is 2.35. The van der Waals surface area contributed by atoms with E-state index < -0.39 is 0 Å². The summed E-state index contributed by atoms with van der Waals surface area (Å²) in [5.41, 5.74) is 5.61. The van der Waals surface area contributed by atoms with Gasteiger partial charge in [-0.1, -0.05) is 41.4 Å². The molecule has 2 aromatic carbocycles. The number of aromatic nitrogens is 1. The molecular weight excluding hydrogens is 270 g/mol. The molecule has 3 heteroatoms. The first kappa shape index (κ1) is 12.9. The lowest BCUT2D eigenvalue weighted by atomic mass is 10.0. The maximum absolute atomic E-state index is 11.5. The molecule has 0 saturated heterocycles. The highest BCUT2D eigenvalue weighted by Gasteiger charge is 2.16. The predicted molar refractivity (Wildman–Crippen MR) is 83.6 cm³/mol. The molecule has 0 atom stereocenters. The van der Waals surface area contributed by atoms with Crippen molar-refractivity contribution in [3.05, 3.63) is 58.1 Å². The molecule has 100 valence electrons. The summed E-state index contributed by atoms with van der Waals surface area (Å²) in [6, 6.07) is 11.9. The Balaban J connectivity index is 2.40. The first-order valence-electron chi connectivity index (χ1n) is 6.45. The van der Waals surface area contributed by atoms with Gasteiger partial charge in [-0.05, 0) is 37.1 Å². The van der Waals surface area contributed by atoms with Crippen LogP contribution >= 0.6 is 11.6 Å². The summed E-state index contributed by atoms with van der Waals surface area (Å²) in [6.45, 7) is 4.04. The summed E-state index contributed by atoms with van der Waals surface area (Å²) in [7, 11) is 0. The molecule has 20 heavy (non-hydrogen) atoms. The van der Waals surface area contributed by atoms with Crippen LogP contribution in [0.2, 0.25) is 5.02 Å². The molecule has 1 heterocycles. The molecule has 0 aliphatic carbocycles. The highest BCUT2D eigenvalue weighted by molar-refractivity contribution is 6.37. The number of aromatic amines is 1. The maximum atomic E-state index is 11.5. The molecule has 0 saturated carbocycles. The number of H-pyrrole nitrogens is 1. The topological polar surface area (TPSA) is 32.9 Å². The molecule has 1 aromatic heterocycles. The fourth-order valence-corrected chi connectivity index (χ4v) is 2.83. The number of aryl methyl sites for hydroxylation is 2. The van der Waals surface area contributed by atoms with Gasteiger partial charge in [0.2, 0.25) is 0 Å². The standard InChI is InChI=1S/C17H14ClNO/c1-10-4-3-5-12(8-10)17-13(9-20)15-14(18)7-6-11(2)16(15)19-17/h3-9,19H,1-2H3. The number of halogens is 1.